The molecule has 1 rings (SSSR count). The summed E-state index contributed by atoms with van der Waals surface area (Å²) in [6.45, 7) is -3.07. The molecule has 0 unspecified atom stereocenters. The van der Waals surface area contributed by atoms with Crippen molar-refractivity contribution in [1.29, 1.82) is 0 Å². The number of carboxylic acids is 1. The third-order valence-corrected chi connectivity index (χ3v) is 1.87. The zero-order valence-corrected chi connectivity index (χ0v) is 8.25. The van der Waals surface area contributed by atoms with Gasteiger partial charge in [0.05, 0.1) is 5.97 Å². The fraction of sp³-hybridized carbons (Fsp3) is 0.125. The smallest absolute Gasteiger partial charge is 0.387 e. The van der Waals surface area contributed by atoms with Gasteiger partial charge in [0.2, 0.25) is 0 Å². The van der Waals surface area contributed by atoms with Gasteiger partial charge in [-0.2, -0.15) is 8.78 Å². The minimum absolute atomic E-state index is 0.409. The number of alkyl halides is 2. The van der Waals surface area contributed by atoms with E-state index in [-0.39, 0.29) is 0 Å². The molecule has 1 aromatic carbocycles. The van der Waals surface area contributed by atoms with E-state index in [9.17, 15) is 18.7 Å². The van der Waals surface area contributed by atoms with Crippen molar-refractivity contribution in [3.63, 3.8) is 0 Å². The van der Waals surface area contributed by atoms with Crippen LogP contribution in [0, 0.1) is 0 Å². The summed E-state index contributed by atoms with van der Waals surface area (Å²) in [5, 5.41) is 10.5. The molecule has 1 aromatic rings. The second-order valence-corrected chi connectivity index (χ2v) is 3.22. The van der Waals surface area contributed by atoms with E-state index >= 15 is 0 Å². The molecule has 76 valence electrons. The Balaban J connectivity index is 3.09. The Morgan fingerprint density at radius 2 is 2.14 bits per heavy atom. The van der Waals surface area contributed by atoms with Crippen LogP contribution in [0.15, 0.2) is 22.7 Å². The van der Waals surface area contributed by atoms with Crippen LogP contribution in [-0.4, -0.2) is 12.6 Å². The predicted octanol–water partition coefficient (Wildman–Crippen LogP) is 1.41. The quantitative estimate of drug-likeness (QED) is 0.831. The van der Waals surface area contributed by atoms with E-state index in [1.807, 2.05) is 0 Å². The van der Waals surface area contributed by atoms with Crippen molar-refractivity contribution < 1.29 is 23.4 Å². The van der Waals surface area contributed by atoms with Gasteiger partial charge >= 0.3 is 6.61 Å². The maximum atomic E-state index is 11.8. The maximum absolute atomic E-state index is 11.8. The van der Waals surface area contributed by atoms with Gasteiger partial charge in [-0.1, -0.05) is 15.9 Å². The SMILES string of the molecule is O=C([O-])c1ccc(Br)cc1OC(F)F. The number of halogens is 3. The largest absolute Gasteiger partial charge is 0.545 e. The molecular weight excluding hydrogens is 262 g/mol. The van der Waals surface area contributed by atoms with Crippen molar-refractivity contribution in [2.75, 3.05) is 0 Å². The third kappa shape index (κ3) is 2.66. The molecule has 0 saturated carbocycles. The van der Waals surface area contributed by atoms with Crippen LogP contribution in [0.1, 0.15) is 10.4 Å². The van der Waals surface area contributed by atoms with Crippen LogP contribution in [0.3, 0.4) is 0 Å². The maximum Gasteiger partial charge on any atom is 0.387 e. The van der Waals surface area contributed by atoms with Gasteiger partial charge in [0.15, 0.2) is 0 Å². The van der Waals surface area contributed by atoms with Crippen LogP contribution in [0.4, 0.5) is 8.78 Å². The summed E-state index contributed by atoms with van der Waals surface area (Å²) < 4.78 is 28.1. The summed E-state index contributed by atoms with van der Waals surface area (Å²) in [4.78, 5) is 10.5. The molecule has 0 amide bonds. The molecule has 0 radical (unpaired) electrons. The van der Waals surface area contributed by atoms with Crippen molar-refractivity contribution in [3.05, 3.63) is 28.2 Å². The Labute approximate surface area is 86.4 Å². The highest BCUT2D eigenvalue weighted by molar-refractivity contribution is 9.10. The molecule has 0 fully saturated rings. The number of benzene rings is 1. The lowest BCUT2D eigenvalue weighted by molar-refractivity contribution is -0.255. The number of carboxylic acid groups (broad SMARTS) is 1. The van der Waals surface area contributed by atoms with Gasteiger partial charge in [0.1, 0.15) is 5.75 Å². The van der Waals surface area contributed by atoms with Crippen LogP contribution in [-0.2, 0) is 0 Å². The molecule has 0 atom stereocenters. The zero-order valence-electron chi connectivity index (χ0n) is 6.67. The molecule has 0 aliphatic carbocycles. The minimum Gasteiger partial charge on any atom is -0.545 e. The summed E-state index contributed by atoms with van der Waals surface area (Å²) in [5.74, 6) is -1.98. The lowest BCUT2D eigenvalue weighted by Gasteiger charge is -2.11. The van der Waals surface area contributed by atoms with Gasteiger partial charge in [0, 0.05) is 10.0 Å². The van der Waals surface area contributed by atoms with Gasteiger partial charge in [-0.15, -0.1) is 0 Å². The highest BCUT2D eigenvalue weighted by Gasteiger charge is 2.10. The van der Waals surface area contributed by atoms with E-state index in [0.29, 0.717) is 4.47 Å². The topological polar surface area (TPSA) is 49.4 Å². The van der Waals surface area contributed by atoms with Crippen molar-refractivity contribution in [1.82, 2.24) is 0 Å². The van der Waals surface area contributed by atoms with Crippen LogP contribution < -0.4 is 9.84 Å². The Kier molecular flexibility index (Phi) is 3.40. The summed E-state index contributed by atoms with van der Waals surface area (Å²) >= 11 is 3.00. The van der Waals surface area contributed by atoms with Crippen LogP contribution in [0.2, 0.25) is 0 Å². The number of aromatic carboxylic acids is 1. The van der Waals surface area contributed by atoms with Crippen molar-refractivity contribution in [3.8, 4) is 5.75 Å². The van der Waals surface area contributed by atoms with Gasteiger partial charge < -0.3 is 14.6 Å². The van der Waals surface area contributed by atoms with Crippen LogP contribution in [0.25, 0.3) is 0 Å². The van der Waals surface area contributed by atoms with Gasteiger partial charge in [-0.05, 0) is 18.2 Å². The molecule has 0 aliphatic rings. The average Bonchev–Trinajstić information content (AvgIpc) is 2.01. The third-order valence-electron chi connectivity index (χ3n) is 1.38. The first kappa shape index (κ1) is 10.9. The second kappa shape index (κ2) is 4.36. The Bertz CT molecular complexity index is 354. The van der Waals surface area contributed by atoms with E-state index < -0.39 is 23.9 Å². The molecular formula is C8H4BrF2O3-. The van der Waals surface area contributed by atoms with E-state index in [1.54, 1.807) is 0 Å². The Hall–Kier alpha value is -1.17. The second-order valence-electron chi connectivity index (χ2n) is 2.31. The van der Waals surface area contributed by atoms with E-state index in [1.165, 1.54) is 6.07 Å². The molecule has 0 saturated heterocycles. The standard InChI is InChI=1S/C8H5BrF2O3/c9-4-1-2-5(7(12)13)6(3-4)14-8(10)11/h1-3,8H,(H,12,13)/p-1. The van der Waals surface area contributed by atoms with E-state index in [0.717, 1.165) is 12.1 Å². The van der Waals surface area contributed by atoms with Crippen molar-refractivity contribution >= 4 is 21.9 Å². The number of carbonyl (C=O) groups excluding carboxylic acids is 1. The van der Waals surface area contributed by atoms with Crippen molar-refractivity contribution in [2.24, 2.45) is 0 Å². The molecule has 0 heterocycles. The van der Waals surface area contributed by atoms with Crippen LogP contribution in [0.5, 0.6) is 5.75 Å². The highest BCUT2D eigenvalue weighted by atomic mass is 79.9. The van der Waals surface area contributed by atoms with E-state index in [4.69, 9.17) is 0 Å². The fourth-order valence-corrected chi connectivity index (χ4v) is 1.20. The number of carbonyl (C=O) groups is 1. The van der Waals surface area contributed by atoms with Gasteiger partial charge in [0.25, 0.3) is 0 Å². The summed E-state index contributed by atoms with van der Waals surface area (Å²) in [6.07, 6.45) is 0. The predicted molar refractivity (Wildman–Crippen MR) is 45.1 cm³/mol. The summed E-state index contributed by atoms with van der Waals surface area (Å²) in [6, 6.07) is 3.65. The van der Waals surface area contributed by atoms with Gasteiger partial charge in [-0.25, -0.2) is 0 Å². The first-order valence-corrected chi connectivity index (χ1v) is 4.25. The lowest BCUT2D eigenvalue weighted by atomic mass is 10.2. The highest BCUT2D eigenvalue weighted by Crippen LogP contribution is 2.24. The molecule has 3 nitrogen and oxygen atoms in total. The lowest BCUT2D eigenvalue weighted by Crippen LogP contribution is -2.23. The zero-order chi connectivity index (χ0) is 10.7. The normalized spacial score (nSPS) is 10.3. The molecule has 0 aromatic heterocycles. The monoisotopic (exact) mass is 265 g/mol. The Morgan fingerprint density at radius 1 is 1.50 bits per heavy atom. The molecule has 6 heteroatoms. The first-order valence-electron chi connectivity index (χ1n) is 3.46. The molecule has 14 heavy (non-hydrogen) atoms. The number of hydrogen-bond acceptors (Lipinski definition) is 3. The first-order chi connectivity index (χ1) is 6.50. The minimum atomic E-state index is -3.07. The van der Waals surface area contributed by atoms with Crippen molar-refractivity contribution in [2.45, 2.75) is 6.61 Å². The molecule has 0 bridgehead atoms. The van der Waals surface area contributed by atoms with Gasteiger partial charge in [-0.3, -0.25) is 0 Å². The fourth-order valence-electron chi connectivity index (χ4n) is 0.858. The van der Waals surface area contributed by atoms with E-state index in [2.05, 4.69) is 20.7 Å². The van der Waals surface area contributed by atoms with Crippen LogP contribution >= 0.6 is 15.9 Å². The average molecular weight is 266 g/mol. The molecule has 0 aliphatic heterocycles. The summed E-state index contributed by atoms with van der Waals surface area (Å²) in [5.41, 5.74) is -0.409. The molecule has 0 N–H and O–H groups in total. The number of hydrogen-bond donors (Lipinski definition) is 0. The Morgan fingerprint density at radius 3 is 2.64 bits per heavy atom. The number of rotatable bonds is 3. The summed E-state index contributed by atoms with van der Waals surface area (Å²) in [7, 11) is 0. The number of ether oxygens (including phenoxy) is 1. The molecule has 0 spiro atoms.